The number of hydrogen-bond acceptors (Lipinski definition) is 5. The molecule has 1 fully saturated rings. The number of aromatic nitrogens is 3. The normalized spacial score (nSPS) is 18.2. The quantitative estimate of drug-likeness (QED) is 0.622. The Morgan fingerprint density at radius 2 is 2.35 bits per heavy atom. The van der Waals surface area contributed by atoms with Gasteiger partial charge in [0.2, 0.25) is 0 Å². The number of nitrogens with two attached hydrogens (primary N) is 1. The van der Waals surface area contributed by atoms with Crippen molar-refractivity contribution in [3.8, 4) is 0 Å². The van der Waals surface area contributed by atoms with Crippen LogP contribution in [0.15, 0.2) is 6.20 Å². The van der Waals surface area contributed by atoms with E-state index >= 15 is 0 Å². The number of hydrogen-bond donors (Lipinski definition) is 3. The van der Waals surface area contributed by atoms with Crippen LogP contribution in [0.1, 0.15) is 23.3 Å². The molecule has 0 aromatic carbocycles. The van der Waals surface area contributed by atoms with Crippen molar-refractivity contribution in [1.82, 2.24) is 25.6 Å². The molecule has 0 bridgehead atoms. The molecule has 2 rings (SSSR count). The molecule has 0 radical (unpaired) electrons. The van der Waals surface area contributed by atoms with Crippen LogP contribution in [0.25, 0.3) is 0 Å². The first-order valence-electron chi connectivity index (χ1n) is 5.88. The second kappa shape index (κ2) is 5.74. The van der Waals surface area contributed by atoms with E-state index < -0.39 is 0 Å². The van der Waals surface area contributed by atoms with E-state index in [9.17, 15) is 4.79 Å². The molecule has 1 aliphatic rings. The molecule has 7 heteroatoms. The number of rotatable bonds is 4. The van der Waals surface area contributed by atoms with Crippen molar-refractivity contribution in [3.05, 3.63) is 11.9 Å². The molecule has 1 aliphatic heterocycles. The number of likely N-dealkylation sites (tertiary alicyclic amines) is 1. The highest BCUT2D eigenvalue weighted by Crippen LogP contribution is 2.10. The van der Waals surface area contributed by atoms with E-state index in [4.69, 9.17) is 5.73 Å². The van der Waals surface area contributed by atoms with Crippen molar-refractivity contribution in [3.63, 3.8) is 0 Å². The summed E-state index contributed by atoms with van der Waals surface area (Å²) in [7, 11) is 0. The minimum absolute atomic E-state index is 0.156. The van der Waals surface area contributed by atoms with Gasteiger partial charge in [-0.1, -0.05) is 0 Å². The van der Waals surface area contributed by atoms with Crippen LogP contribution in [0.4, 0.5) is 0 Å². The van der Waals surface area contributed by atoms with Gasteiger partial charge in [0, 0.05) is 32.2 Å². The number of amides is 1. The Morgan fingerprint density at radius 1 is 1.59 bits per heavy atom. The van der Waals surface area contributed by atoms with Crippen molar-refractivity contribution in [2.24, 2.45) is 5.73 Å². The molecule has 94 valence electrons. The zero-order valence-corrected chi connectivity index (χ0v) is 9.72. The third-order valence-electron chi connectivity index (χ3n) is 3.02. The minimum Gasteiger partial charge on any atom is -0.348 e. The molecule has 0 aliphatic carbocycles. The third-order valence-corrected chi connectivity index (χ3v) is 3.02. The van der Waals surface area contributed by atoms with Crippen molar-refractivity contribution in [2.75, 3.05) is 26.2 Å². The number of nitrogens with one attached hydrogen (secondary N) is 2. The maximum atomic E-state index is 11.7. The summed E-state index contributed by atoms with van der Waals surface area (Å²) in [5, 5.41) is 12.8. The standard InChI is InChI=1S/C10H18N6O/c11-3-6-16-4-1-8(2-5-16)13-10(17)9-7-12-15-14-9/h7-8H,1-6,11H2,(H,13,17)(H,12,14,15). The summed E-state index contributed by atoms with van der Waals surface area (Å²) in [4.78, 5) is 14.0. The van der Waals surface area contributed by atoms with Gasteiger partial charge in [-0.2, -0.15) is 15.4 Å². The van der Waals surface area contributed by atoms with E-state index in [2.05, 4.69) is 25.6 Å². The summed E-state index contributed by atoms with van der Waals surface area (Å²) < 4.78 is 0. The van der Waals surface area contributed by atoms with Crippen LogP contribution >= 0.6 is 0 Å². The monoisotopic (exact) mass is 238 g/mol. The lowest BCUT2D eigenvalue weighted by Crippen LogP contribution is -2.45. The molecule has 1 aromatic rings. The largest absolute Gasteiger partial charge is 0.348 e. The number of carbonyl (C=O) groups excluding carboxylic acids is 1. The summed E-state index contributed by atoms with van der Waals surface area (Å²) in [6.45, 7) is 3.60. The third kappa shape index (κ3) is 3.24. The average Bonchev–Trinajstić information content (AvgIpc) is 2.86. The summed E-state index contributed by atoms with van der Waals surface area (Å²) in [6, 6.07) is 0.230. The predicted octanol–water partition coefficient (Wildman–Crippen LogP) is -1.04. The van der Waals surface area contributed by atoms with Gasteiger partial charge < -0.3 is 16.0 Å². The van der Waals surface area contributed by atoms with Gasteiger partial charge in [-0.25, -0.2) is 0 Å². The molecule has 1 aromatic heterocycles. The van der Waals surface area contributed by atoms with Crippen LogP contribution < -0.4 is 11.1 Å². The molecular weight excluding hydrogens is 220 g/mol. The van der Waals surface area contributed by atoms with Gasteiger partial charge in [-0.15, -0.1) is 0 Å². The molecule has 4 N–H and O–H groups in total. The lowest BCUT2D eigenvalue weighted by atomic mass is 10.0. The fourth-order valence-electron chi connectivity index (χ4n) is 2.05. The Labute approximate surface area is 99.7 Å². The SMILES string of the molecule is NCCN1CCC(NC(=O)c2cn[nH]n2)CC1. The summed E-state index contributed by atoms with van der Waals surface area (Å²) >= 11 is 0. The van der Waals surface area contributed by atoms with Crippen molar-refractivity contribution in [2.45, 2.75) is 18.9 Å². The number of piperidine rings is 1. The predicted molar refractivity (Wildman–Crippen MR) is 62.4 cm³/mol. The minimum atomic E-state index is -0.156. The Kier molecular flexibility index (Phi) is 4.05. The van der Waals surface area contributed by atoms with E-state index in [1.807, 2.05) is 0 Å². The Bertz CT molecular complexity index is 344. The lowest BCUT2D eigenvalue weighted by molar-refractivity contribution is 0.0907. The van der Waals surface area contributed by atoms with Gasteiger partial charge in [-0.3, -0.25) is 4.79 Å². The molecule has 0 atom stereocenters. The van der Waals surface area contributed by atoms with Gasteiger partial charge >= 0.3 is 0 Å². The van der Waals surface area contributed by atoms with E-state index in [1.54, 1.807) is 0 Å². The number of H-pyrrole nitrogens is 1. The molecule has 2 heterocycles. The number of carbonyl (C=O) groups is 1. The van der Waals surface area contributed by atoms with Crippen LogP contribution in [0.2, 0.25) is 0 Å². The maximum absolute atomic E-state index is 11.7. The van der Waals surface area contributed by atoms with Gasteiger partial charge in [0.25, 0.3) is 5.91 Å². The molecule has 0 spiro atoms. The van der Waals surface area contributed by atoms with Crippen LogP contribution in [0.3, 0.4) is 0 Å². The fourth-order valence-corrected chi connectivity index (χ4v) is 2.05. The summed E-state index contributed by atoms with van der Waals surface area (Å²) in [6.07, 6.45) is 3.35. The topological polar surface area (TPSA) is 99.9 Å². The van der Waals surface area contributed by atoms with E-state index in [0.29, 0.717) is 12.2 Å². The Hall–Kier alpha value is -1.47. The van der Waals surface area contributed by atoms with Crippen molar-refractivity contribution < 1.29 is 4.79 Å². The number of nitrogens with zero attached hydrogens (tertiary/aromatic N) is 3. The Morgan fingerprint density at radius 3 is 2.94 bits per heavy atom. The van der Waals surface area contributed by atoms with Crippen LogP contribution in [0, 0.1) is 0 Å². The summed E-state index contributed by atoms with van der Waals surface area (Å²) in [5.74, 6) is -0.156. The highest BCUT2D eigenvalue weighted by Gasteiger charge is 2.21. The number of aromatic amines is 1. The fraction of sp³-hybridized carbons (Fsp3) is 0.700. The highest BCUT2D eigenvalue weighted by molar-refractivity contribution is 5.91. The van der Waals surface area contributed by atoms with Crippen LogP contribution in [0.5, 0.6) is 0 Å². The van der Waals surface area contributed by atoms with E-state index in [-0.39, 0.29) is 11.9 Å². The first-order valence-corrected chi connectivity index (χ1v) is 5.88. The van der Waals surface area contributed by atoms with E-state index in [0.717, 1.165) is 32.5 Å². The molecule has 7 nitrogen and oxygen atoms in total. The lowest BCUT2D eigenvalue weighted by Gasteiger charge is -2.31. The van der Waals surface area contributed by atoms with Gasteiger partial charge in [-0.05, 0) is 12.8 Å². The maximum Gasteiger partial charge on any atom is 0.273 e. The zero-order chi connectivity index (χ0) is 12.1. The molecule has 1 amide bonds. The molecule has 17 heavy (non-hydrogen) atoms. The second-order valence-corrected chi connectivity index (χ2v) is 4.23. The van der Waals surface area contributed by atoms with Gasteiger partial charge in [0.05, 0.1) is 6.20 Å². The van der Waals surface area contributed by atoms with Crippen LogP contribution in [-0.4, -0.2) is 58.4 Å². The van der Waals surface area contributed by atoms with E-state index in [1.165, 1.54) is 6.20 Å². The first kappa shape index (κ1) is 12.0. The first-order chi connectivity index (χ1) is 8.29. The average molecular weight is 238 g/mol. The molecule has 1 saturated heterocycles. The smallest absolute Gasteiger partial charge is 0.273 e. The highest BCUT2D eigenvalue weighted by atomic mass is 16.2. The molecule has 0 saturated carbocycles. The molecular formula is C10H18N6O. The van der Waals surface area contributed by atoms with Gasteiger partial charge in [0.15, 0.2) is 5.69 Å². The van der Waals surface area contributed by atoms with Crippen LogP contribution in [-0.2, 0) is 0 Å². The van der Waals surface area contributed by atoms with Gasteiger partial charge in [0.1, 0.15) is 0 Å². The van der Waals surface area contributed by atoms with Crippen molar-refractivity contribution in [1.29, 1.82) is 0 Å². The summed E-state index contributed by atoms with van der Waals surface area (Å²) in [5.41, 5.74) is 5.85. The second-order valence-electron chi connectivity index (χ2n) is 4.23. The molecule has 0 unspecified atom stereocenters. The Balaban J connectivity index is 1.76. The van der Waals surface area contributed by atoms with Crippen molar-refractivity contribution >= 4 is 5.91 Å². The zero-order valence-electron chi connectivity index (χ0n) is 9.72.